The summed E-state index contributed by atoms with van der Waals surface area (Å²) in [7, 11) is 0. The van der Waals surface area contributed by atoms with Crippen LogP contribution in [0.4, 0.5) is 14.5 Å². The minimum absolute atomic E-state index is 0.0594. The summed E-state index contributed by atoms with van der Waals surface area (Å²) in [4.78, 5) is 10.6. The Morgan fingerprint density at radius 1 is 1.44 bits per heavy atom. The standard InChI is InChI=1S/C11H9F2NOS/c1-7(15)16-6-2-3-8-4-5-9(14)11(13)10(8)12/h4-5H,6,14H2,1H3. The van der Waals surface area contributed by atoms with Gasteiger partial charge in [0.15, 0.2) is 16.7 Å². The van der Waals surface area contributed by atoms with Crippen LogP contribution in [0.15, 0.2) is 12.1 Å². The first-order valence-corrected chi connectivity index (χ1v) is 5.36. The number of thioether (sulfide) groups is 1. The maximum Gasteiger partial charge on any atom is 0.186 e. The number of hydrogen-bond donors (Lipinski definition) is 1. The van der Waals surface area contributed by atoms with Crippen molar-refractivity contribution in [2.24, 2.45) is 0 Å². The molecule has 0 aliphatic carbocycles. The first kappa shape index (κ1) is 12.5. The van der Waals surface area contributed by atoms with Crippen molar-refractivity contribution in [3.05, 3.63) is 29.3 Å². The number of halogens is 2. The van der Waals surface area contributed by atoms with Crippen LogP contribution in [0.5, 0.6) is 0 Å². The Morgan fingerprint density at radius 2 is 2.12 bits per heavy atom. The van der Waals surface area contributed by atoms with Crippen LogP contribution in [0.3, 0.4) is 0 Å². The van der Waals surface area contributed by atoms with Crippen LogP contribution < -0.4 is 5.73 Å². The van der Waals surface area contributed by atoms with Crippen molar-refractivity contribution in [2.75, 3.05) is 11.5 Å². The zero-order valence-electron chi connectivity index (χ0n) is 8.51. The van der Waals surface area contributed by atoms with E-state index in [2.05, 4.69) is 11.8 Å². The quantitative estimate of drug-likeness (QED) is 0.605. The lowest BCUT2D eigenvalue weighted by Gasteiger charge is -1.99. The fourth-order valence-electron chi connectivity index (χ4n) is 0.930. The second-order valence-corrected chi connectivity index (χ2v) is 4.06. The van der Waals surface area contributed by atoms with Gasteiger partial charge in [-0.05, 0) is 12.1 Å². The summed E-state index contributed by atoms with van der Waals surface area (Å²) < 4.78 is 26.2. The molecule has 0 radical (unpaired) electrons. The number of benzene rings is 1. The summed E-state index contributed by atoms with van der Waals surface area (Å²) in [5.41, 5.74) is 4.86. The van der Waals surface area contributed by atoms with Crippen LogP contribution in [0.2, 0.25) is 0 Å². The molecule has 2 nitrogen and oxygen atoms in total. The first-order chi connectivity index (χ1) is 7.52. The summed E-state index contributed by atoms with van der Waals surface area (Å²) in [6.45, 7) is 1.41. The average Bonchev–Trinajstić information content (AvgIpc) is 2.23. The van der Waals surface area contributed by atoms with Crippen LogP contribution >= 0.6 is 11.8 Å². The summed E-state index contributed by atoms with van der Waals surface area (Å²) in [5.74, 6) is 3.11. The molecule has 1 rings (SSSR count). The highest BCUT2D eigenvalue weighted by atomic mass is 32.2. The zero-order chi connectivity index (χ0) is 12.1. The van der Waals surface area contributed by atoms with Gasteiger partial charge in [-0.1, -0.05) is 23.6 Å². The van der Waals surface area contributed by atoms with Gasteiger partial charge >= 0.3 is 0 Å². The predicted molar refractivity (Wildman–Crippen MR) is 60.8 cm³/mol. The molecule has 0 fully saturated rings. The zero-order valence-corrected chi connectivity index (χ0v) is 9.33. The van der Waals surface area contributed by atoms with E-state index in [4.69, 9.17) is 5.73 Å². The van der Waals surface area contributed by atoms with Gasteiger partial charge in [-0.25, -0.2) is 8.78 Å². The molecule has 0 heterocycles. The van der Waals surface area contributed by atoms with Crippen molar-refractivity contribution >= 4 is 22.6 Å². The van der Waals surface area contributed by atoms with Gasteiger partial charge in [0.1, 0.15) is 0 Å². The molecule has 5 heteroatoms. The molecule has 1 aromatic rings. The highest BCUT2D eigenvalue weighted by Gasteiger charge is 2.09. The SMILES string of the molecule is CC(=O)SCC#Cc1ccc(N)c(F)c1F. The molecule has 0 atom stereocenters. The minimum atomic E-state index is -1.09. The Balaban J connectivity index is 2.82. The normalized spacial score (nSPS) is 9.44. The van der Waals surface area contributed by atoms with Gasteiger partial charge in [-0.3, -0.25) is 4.79 Å². The Hall–Kier alpha value is -1.54. The molecule has 0 aromatic heterocycles. The number of nitrogen functional groups attached to an aromatic ring is 1. The van der Waals surface area contributed by atoms with E-state index in [1.165, 1.54) is 19.1 Å². The fourth-order valence-corrected chi connectivity index (χ4v) is 1.28. The molecule has 1 aromatic carbocycles. The second-order valence-electron chi connectivity index (χ2n) is 2.91. The molecule has 0 unspecified atom stereocenters. The van der Waals surface area contributed by atoms with E-state index >= 15 is 0 Å². The Bertz CT molecular complexity index is 477. The van der Waals surface area contributed by atoms with Gasteiger partial charge in [0.25, 0.3) is 0 Å². The number of hydrogen-bond acceptors (Lipinski definition) is 3. The van der Waals surface area contributed by atoms with E-state index in [0.717, 1.165) is 11.8 Å². The third-order valence-corrected chi connectivity index (χ3v) is 2.38. The number of rotatable bonds is 1. The number of nitrogens with two attached hydrogens (primary N) is 1. The molecule has 16 heavy (non-hydrogen) atoms. The van der Waals surface area contributed by atoms with E-state index in [1.54, 1.807) is 0 Å². The summed E-state index contributed by atoms with van der Waals surface area (Å²) >= 11 is 1.01. The average molecular weight is 241 g/mol. The highest BCUT2D eigenvalue weighted by molar-refractivity contribution is 8.13. The Labute approximate surface area is 96.2 Å². The van der Waals surface area contributed by atoms with Gasteiger partial charge in [0.2, 0.25) is 0 Å². The van der Waals surface area contributed by atoms with Gasteiger partial charge in [-0.2, -0.15) is 0 Å². The van der Waals surface area contributed by atoms with Gasteiger partial charge < -0.3 is 5.73 Å². The summed E-state index contributed by atoms with van der Waals surface area (Å²) in [6, 6.07) is 2.56. The van der Waals surface area contributed by atoms with E-state index in [9.17, 15) is 13.6 Å². The van der Waals surface area contributed by atoms with Crippen molar-refractivity contribution in [2.45, 2.75) is 6.92 Å². The number of anilines is 1. The molecule has 2 N–H and O–H groups in total. The first-order valence-electron chi connectivity index (χ1n) is 4.38. The van der Waals surface area contributed by atoms with Crippen molar-refractivity contribution in [3.8, 4) is 11.8 Å². The monoisotopic (exact) mass is 241 g/mol. The lowest BCUT2D eigenvalue weighted by atomic mass is 10.2. The summed E-state index contributed by atoms with van der Waals surface area (Å²) in [6.07, 6.45) is 0. The third kappa shape index (κ3) is 3.24. The Morgan fingerprint density at radius 3 is 2.75 bits per heavy atom. The highest BCUT2D eigenvalue weighted by Crippen LogP contribution is 2.16. The molecule has 0 aliphatic heterocycles. The molecule has 0 aliphatic rings. The number of carbonyl (C=O) groups excluding carboxylic acids is 1. The van der Waals surface area contributed by atoms with E-state index in [-0.39, 0.29) is 22.1 Å². The van der Waals surface area contributed by atoms with Crippen LogP contribution in [-0.4, -0.2) is 10.9 Å². The van der Waals surface area contributed by atoms with Crippen LogP contribution in [0, 0.1) is 23.5 Å². The van der Waals surface area contributed by atoms with Crippen LogP contribution in [-0.2, 0) is 4.79 Å². The maximum atomic E-state index is 13.2. The van der Waals surface area contributed by atoms with Crippen LogP contribution in [0.25, 0.3) is 0 Å². The molecule has 0 amide bonds. The molecule has 0 spiro atoms. The van der Waals surface area contributed by atoms with Gasteiger partial charge in [-0.15, -0.1) is 0 Å². The Kier molecular flexibility index (Phi) is 4.32. The fraction of sp³-hybridized carbons (Fsp3) is 0.182. The van der Waals surface area contributed by atoms with E-state index < -0.39 is 11.6 Å². The number of carbonyl (C=O) groups is 1. The molecular weight excluding hydrogens is 232 g/mol. The van der Waals surface area contributed by atoms with E-state index in [1.807, 2.05) is 0 Å². The van der Waals surface area contributed by atoms with Crippen molar-refractivity contribution in [1.29, 1.82) is 0 Å². The molecular formula is C11H9F2NOS. The lowest BCUT2D eigenvalue weighted by Crippen LogP contribution is -1.96. The van der Waals surface area contributed by atoms with Gasteiger partial charge in [0, 0.05) is 6.92 Å². The largest absolute Gasteiger partial charge is 0.396 e. The molecule has 0 saturated heterocycles. The molecule has 84 valence electrons. The molecule has 0 bridgehead atoms. The topological polar surface area (TPSA) is 43.1 Å². The van der Waals surface area contributed by atoms with Crippen molar-refractivity contribution in [3.63, 3.8) is 0 Å². The predicted octanol–water partition coefficient (Wildman–Crippen LogP) is 2.18. The third-order valence-electron chi connectivity index (χ3n) is 1.68. The smallest absolute Gasteiger partial charge is 0.186 e. The van der Waals surface area contributed by atoms with E-state index in [0.29, 0.717) is 0 Å². The van der Waals surface area contributed by atoms with Gasteiger partial charge in [0.05, 0.1) is 17.0 Å². The second kappa shape index (κ2) is 5.52. The minimum Gasteiger partial charge on any atom is -0.396 e. The maximum absolute atomic E-state index is 13.2. The van der Waals surface area contributed by atoms with Crippen molar-refractivity contribution < 1.29 is 13.6 Å². The van der Waals surface area contributed by atoms with Crippen molar-refractivity contribution in [1.82, 2.24) is 0 Å². The lowest BCUT2D eigenvalue weighted by molar-refractivity contribution is -0.109. The summed E-state index contributed by atoms with van der Waals surface area (Å²) in [5, 5.41) is -0.0711. The molecule has 0 saturated carbocycles. The van der Waals surface area contributed by atoms with Crippen LogP contribution in [0.1, 0.15) is 12.5 Å².